The van der Waals surface area contributed by atoms with E-state index < -0.39 is 10.0 Å². The molecule has 0 atom stereocenters. The van der Waals surface area contributed by atoms with Crippen molar-refractivity contribution in [1.82, 2.24) is 4.98 Å². The Kier molecular flexibility index (Phi) is 5.30. The molecule has 0 unspecified atom stereocenters. The maximum Gasteiger partial charge on any atom is 0.233 e. The fourth-order valence-electron chi connectivity index (χ4n) is 3.45. The Morgan fingerprint density at radius 3 is 2.43 bits per heavy atom. The average molecular weight is 394 g/mol. The van der Waals surface area contributed by atoms with Crippen LogP contribution in [0.2, 0.25) is 0 Å². The molecule has 0 radical (unpaired) electrons. The van der Waals surface area contributed by atoms with Crippen molar-refractivity contribution in [3.05, 3.63) is 89.6 Å². The number of pyridine rings is 1. The molecule has 1 aliphatic heterocycles. The zero-order chi connectivity index (χ0) is 19.4. The Morgan fingerprint density at radius 1 is 0.929 bits per heavy atom. The van der Waals surface area contributed by atoms with Gasteiger partial charge >= 0.3 is 0 Å². The lowest BCUT2D eigenvalue weighted by Crippen LogP contribution is -2.30. The summed E-state index contributed by atoms with van der Waals surface area (Å²) in [5.74, 6) is 0.906. The number of aromatic nitrogens is 1. The van der Waals surface area contributed by atoms with Gasteiger partial charge in [-0.3, -0.25) is 4.72 Å². The fourth-order valence-corrected chi connectivity index (χ4v) is 4.54. The fraction of sp³-hybridized carbons (Fsp3) is 0.227. The molecule has 0 spiro atoms. The van der Waals surface area contributed by atoms with Crippen molar-refractivity contribution in [2.75, 3.05) is 21.9 Å². The van der Waals surface area contributed by atoms with Crippen molar-refractivity contribution in [3.8, 4) is 0 Å². The van der Waals surface area contributed by atoms with Gasteiger partial charge in [0.1, 0.15) is 5.82 Å². The predicted molar refractivity (Wildman–Crippen MR) is 113 cm³/mol. The van der Waals surface area contributed by atoms with E-state index in [2.05, 4.69) is 38.9 Å². The molecule has 0 bridgehead atoms. The standard InChI is InChI=1S/C22H23N3O2S/c26-28(27,15-13-18-6-2-1-3-7-18)24-21-10-11-22(23-16-21)25-14-12-19-8-4-5-9-20(19)17-25/h1-11,16,24H,12-15,17H2. The van der Waals surface area contributed by atoms with Crippen LogP contribution in [0.15, 0.2) is 72.9 Å². The molecule has 3 aromatic rings. The predicted octanol–water partition coefficient (Wildman–Crippen LogP) is 3.63. The van der Waals surface area contributed by atoms with E-state index in [0.717, 1.165) is 30.9 Å². The Labute approximate surface area is 166 Å². The van der Waals surface area contributed by atoms with Crippen LogP contribution >= 0.6 is 0 Å². The summed E-state index contributed by atoms with van der Waals surface area (Å²) in [6.07, 6.45) is 3.07. The smallest absolute Gasteiger partial charge is 0.233 e. The maximum absolute atomic E-state index is 12.3. The van der Waals surface area contributed by atoms with Gasteiger partial charge in [0.05, 0.1) is 17.6 Å². The number of hydrogen-bond donors (Lipinski definition) is 1. The molecule has 1 N–H and O–H groups in total. The summed E-state index contributed by atoms with van der Waals surface area (Å²) >= 11 is 0. The molecular weight excluding hydrogens is 370 g/mol. The number of anilines is 2. The summed E-state index contributed by atoms with van der Waals surface area (Å²) in [7, 11) is -3.41. The molecule has 4 rings (SSSR count). The van der Waals surface area contributed by atoms with Gasteiger partial charge in [0, 0.05) is 13.1 Å². The van der Waals surface area contributed by atoms with Gasteiger partial charge in [-0.1, -0.05) is 54.6 Å². The Balaban J connectivity index is 1.38. The molecule has 1 aliphatic rings. The second kappa shape index (κ2) is 8.02. The van der Waals surface area contributed by atoms with Crippen molar-refractivity contribution < 1.29 is 8.42 Å². The van der Waals surface area contributed by atoms with Crippen LogP contribution in [0.4, 0.5) is 11.5 Å². The number of nitrogens with zero attached hydrogens (tertiary/aromatic N) is 2. The molecule has 5 nitrogen and oxygen atoms in total. The number of nitrogens with one attached hydrogen (secondary N) is 1. The largest absolute Gasteiger partial charge is 0.352 e. The Bertz CT molecular complexity index is 1030. The molecule has 2 aromatic carbocycles. The lowest BCUT2D eigenvalue weighted by Gasteiger charge is -2.29. The monoisotopic (exact) mass is 393 g/mol. The van der Waals surface area contributed by atoms with Crippen LogP contribution in [-0.4, -0.2) is 25.7 Å². The van der Waals surface area contributed by atoms with E-state index in [0.29, 0.717) is 12.1 Å². The minimum absolute atomic E-state index is 0.0433. The first-order valence-electron chi connectivity index (χ1n) is 9.41. The number of benzene rings is 2. The Hall–Kier alpha value is -2.86. The summed E-state index contributed by atoms with van der Waals surface area (Å²) in [6, 6.07) is 21.7. The van der Waals surface area contributed by atoms with Gasteiger partial charge in [-0.25, -0.2) is 13.4 Å². The summed E-state index contributed by atoms with van der Waals surface area (Å²) < 4.78 is 27.3. The summed E-state index contributed by atoms with van der Waals surface area (Å²) in [4.78, 5) is 6.69. The third-order valence-corrected chi connectivity index (χ3v) is 6.27. The van der Waals surface area contributed by atoms with Crippen LogP contribution in [0.5, 0.6) is 0 Å². The van der Waals surface area contributed by atoms with Crippen molar-refractivity contribution in [1.29, 1.82) is 0 Å². The second-order valence-electron chi connectivity index (χ2n) is 7.00. The molecule has 0 fully saturated rings. The Morgan fingerprint density at radius 2 is 1.68 bits per heavy atom. The van der Waals surface area contributed by atoms with Gasteiger partial charge in [-0.15, -0.1) is 0 Å². The molecule has 6 heteroatoms. The van der Waals surface area contributed by atoms with Crippen LogP contribution in [-0.2, 0) is 29.4 Å². The highest BCUT2D eigenvalue weighted by Crippen LogP contribution is 2.23. The number of hydrogen-bond acceptors (Lipinski definition) is 4. The number of aryl methyl sites for hydroxylation is 1. The average Bonchev–Trinajstić information content (AvgIpc) is 2.73. The van der Waals surface area contributed by atoms with Crippen LogP contribution < -0.4 is 9.62 Å². The number of fused-ring (bicyclic) bond motifs is 1. The molecule has 1 aromatic heterocycles. The van der Waals surface area contributed by atoms with Gasteiger partial charge < -0.3 is 4.90 Å². The summed E-state index contributed by atoms with van der Waals surface area (Å²) in [6.45, 7) is 1.73. The van der Waals surface area contributed by atoms with Crippen LogP contribution in [0.1, 0.15) is 16.7 Å². The van der Waals surface area contributed by atoms with Crippen molar-refractivity contribution >= 4 is 21.5 Å². The number of sulfonamides is 1. The maximum atomic E-state index is 12.3. The highest BCUT2D eigenvalue weighted by atomic mass is 32.2. The van der Waals surface area contributed by atoms with Crippen LogP contribution in [0, 0.1) is 0 Å². The third-order valence-electron chi connectivity index (χ3n) is 4.98. The molecule has 2 heterocycles. The zero-order valence-corrected chi connectivity index (χ0v) is 16.4. The minimum atomic E-state index is -3.41. The van der Waals surface area contributed by atoms with E-state index >= 15 is 0 Å². The van der Waals surface area contributed by atoms with Gasteiger partial charge in [-0.05, 0) is 41.7 Å². The van der Waals surface area contributed by atoms with Crippen molar-refractivity contribution in [2.24, 2.45) is 0 Å². The first-order chi connectivity index (χ1) is 13.6. The molecule has 0 amide bonds. The molecule has 144 valence electrons. The zero-order valence-electron chi connectivity index (χ0n) is 15.6. The highest BCUT2D eigenvalue weighted by Gasteiger charge is 2.17. The van der Waals surface area contributed by atoms with Gasteiger partial charge in [-0.2, -0.15) is 0 Å². The van der Waals surface area contributed by atoms with Crippen LogP contribution in [0.3, 0.4) is 0 Å². The van der Waals surface area contributed by atoms with E-state index in [9.17, 15) is 8.42 Å². The lowest BCUT2D eigenvalue weighted by atomic mass is 10.00. The lowest BCUT2D eigenvalue weighted by molar-refractivity contribution is 0.600. The second-order valence-corrected chi connectivity index (χ2v) is 8.84. The highest BCUT2D eigenvalue weighted by molar-refractivity contribution is 7.92. The topological polar surface area (TPSA) is 62.3 Å². The SMILES string of the molecule is O=S(=O)(CCc1ccccc1)Nc1ccc(N2CCc3ccccc3C2)nc1. The molecule has 0 saturated heterocycles. The van der Waals surface area contributed by atoms with E-state index in [4.69, 9.17) is 0 Å². The van der Waals surface area contributed by atoms with Crippen molar-refractivity contribution in [3.63, 3.8) is 0 Å². The number of rotatable bonds is 6. The molecule has 28 heavy (non-hydrogen) atoms. The quantitative estimate of drug-likeness (QED) is 0.695. The first kappa shape index (κ1) is 18.5. The summed E-state index contributed by atoms with van der Waals surface area (Å²) in [5, 5.41) is 0. The van der Waals surface area contributed by atoms with Gasteiger partial charge in [0.2, 0.25) is 10.0 Å². The van der Waals surface area contributed by atoms with E-state index in [1.54, 1.807) is 12.3 Å². The normalized spacial score (nSPS) is 13.8. The molecule has 0 aliphatic carbocycles. The third kappa shape index (κ3) is 4.51. The minimum Gasteiger partial charge on any atom is -0.352 e. The van der Waals surface area contributed by atoms with Crippen molar-refractivity contribution in [2.45, 2.75) is 19.4 Å². The van der Waals surface area contributed by atoms with E-state index in [-0.39, 0.29) is 5.75 Å². The van der Waals surface area contributed by atoms with E-state index in [1.165, 1.54) is 11.1 Å². The van der Waals surface area contributed by atoms with Gasteiger partial charge in [0.15, 0.2) is 0 Å². The molecule has 0 saturated carbocycles. The van der Waals surface area contributed by atoms with Crippen LogP contribution in [0.25, 0.3) is 0 Å². The molecular formula is C22H23N3O2S. The first-order valence-corrected chi connectivity index (χ1v) is 11.1. The summed E-state index contributed by atoms with van der Waals surface area (Å²) in [5.41, 5.74) is 4.21. The van der Waals surface area contributed by atoms with Gasteiger partial charge in [0.25, 0.3) is 0 Å². The van der Waals surface area contributed by atoms with E-state index in [1.807, 2.05) is 36.4 Å².